The Morgan fingerprint density at radius 1 is 0.483 bits per heavy atom. The van der Waals surface area contributed by atoms with Gasteiger partial charge in [0, 0.05) is 83.8 Å². The number of benzene rings is 4. The minimum absolute atomic E-state index is 0.00585. The molecule has 2 aliphatic heterocycles. The minimum Gasteiger partial charge on any atom is -0.370 e. The molecule has 3 aliphatic rings. The number of fused-ring (bicyclic) bond motifs is 10. The van der Waals surface area contributed by atoms with Crippen molar-refractivity contribution in [2.24, 2.45) is 34.3 Å². The van der Waals surface area contributed by atoms with Crippen molar-refractivity contribution in [3.05, 3.63) is 120 Å². The molecule has 1 aliphatic carbocycles. The lowest BCUT2D eigenvalue weighted by molar-refractivity contribution is -0.136. The van der Waals surface area contributed by atoms with Crippen LogP contribution in [0.4, 0.5) is 0 Å². The number of carbonyl (C=O) groups excluding carboxylic acids is 14. The second-order valence-electron chi connectivity index (χ2n) is 30.5. The van der Waals surface area contributed by atoms with Gasteiger partial charge in [-0.25, -0.2) is 0 Å². The summed E-state index contributed by atoms with van der Waals surface area (Å²) in [6, 6.07) is 10.4. The molecule has 26 N–H and O–H groups in total. The predicted octanol–water partition coefficient (Wildman–Crippen LogP) is -0.675. The molecule has 14 amide bonds. The molecule has 4 aromatic carbocycles. The number of H-pyrrole nitrogens is 2. The van der Waals surface area contributed by atoms with Crippen LogP contribution in [0.3, 0.4) is 0 Å². The standard InChI is InChI=1S/C79H106N22O14S3/c1-79(2,3)65-76(115)95-54-26-30-117-118-31-27-55(94-71(110)57(34-46-37-88-50-20-10-8-18-48(46)50)97-72(111)59(36-61(80)102)98-68(107)52(22-12-28-86-77(82)83)91-62(103)39-90-67(54)106)70(109)93-53(23-13-29-87-78(84)85)69(108)96-58(35-47-38-89-51-21-11-9-19-49(47)51)73(112)100-64(44-15-5-6-16-44)75(114)99-60(66(81)105)40-116-41-63(104)92-56(74(113)101-65)33-42-24-25-43-14-4-7-17-45(43)32-42/h4,7-11,14,17-21,24-25,32,37-38,44,52-60,64-65,88-89H,5-6,12-13,15-16,22-23,26-31,33-36,39-41H2,1-3H3,(H2,80,102)(H2,81,105)(H,90,106)(H,91,103)(H,92,104)(H,93,109)(H,94,110)(H,95,115)(H,96,108)(H,97,111)(H,98,107)(H,99,114)(H,100,112)(H,101,113)(H4,82,83,86)(H4,84,85,87)/t52-,53-,54-,55-,56-,57-,58-,59-,60-,64-,65+/m0/s1. The molecule has 3 fully saturated rings. The van der Waals surface area contributed by atoms with Gasteiger partial charge in [-0.15, -0.1) is 11.8 Å². The summed E-state index contributed by atoms with van der Waals surface area (Å²) in [4.78, 5) is 212. The van der Waals surface area contributed by atoms with Gasteiger partial charge in [-0.05, 0) is 102 Å². The second-order valence-corrected chi connectivity index (χ2v) is 34.2. The minimum atomic E-state index is -1.85. The van der Waals surface area contributed by atoms with Crippen LogP contribution in [0, 0.1) is 22.2 Å². The predicted molar refractivity (Wildman–Crippen MR) is 450 cm³/mol. The van der Waals surface area contributed by atoms with Crippen molar-refractivity contribution in [2.75, 3.05) is 42.6 Å². The summed E-state index contributed by atoms with van der Waals surface area (Å²) in [5.41, 5.74) is 24.8. The molecule has 0 radical (unpaired) electrons. The largest absolute Gasteiger partial charge is 0.370 e. The van der Waals surface area contributed by atoms with E-state index < -0.39 is 191 Å². The highest BCUT2D eigenvalue weighted by Crippen LogP contribution is 2.30. The number of amides is 14. The van der Waals surface area contributed by atoms with E-state index in [1.54, 1.807) is 81.7 Å². The maximum atomic E-state index is 15.5. The summed E-state index contributed by atoms with van der Waals surface area (Å²) < 4.78 is 0. The van der Waals surface area contributed by atoms with Crippen LogP contribution < -0.4 is 97.4 Å². The number of para-hydroxylation sites is 2. The zero-order valence-electron chi connectivity index (χ0n) is 65.8. The maximum absolute atomic E-state index is 15.5. The van der Waals surface area contributed by atoms with E-state index in [2.05, 4.69) is 84.4 Å². The van der Waals surface area contributed by atoms with Crippen molar-refractivity contribution in [1.82, 2.24) is 84.4 Å². The average Bonchev–Trinajstić information content (AvgIpc) is 1.65. The summed E-state index contributed by atoms with van der Waals surface area (Å²) >= 11 is 0.901. The van der Waals surface area contributed by atoms with Gasteiger partial charge in [0.2, 0.25) is 82.7 Å². The third-order valence-electron chi connectivity index (χ3n) is 20.5. The normalized spacial score (nSPS) is 23.9. The van der Waals surface area contributed by atoms with E-state index in [0.717, 1.165) is 22.5 Å². The second kappa shape index (κ2) is 43.6. The Hall–Kier alpha value is -11.6. The summed E-state index contributed by atoms with van der Waals surface area (Å²) in [5.74, 6) is -14.9. The van der Waals surface area contributed by atoms with Crippen molar-refractivity contribution in [2.45, 2.75) is 177 Å². The first-order valence-corrected chi connectivity index (χ1v) is 42.7. The molecule has 39 heteroatoms. The third kappa shape index (κ3) is 27.0. The molecule has 2 saturated heterocycles. The molecule has 2 bridgehead atoms. The lowest BCUT2D eigenvalue weighted by Crippen LogP contribution is -2.61. The average molecular weight is 1680 g/mol. The van der Waals surface area contributed by atoms with Gasteiger partial charge in [0.25, 0.3) is 0 Å². The highest BCUT2D eigenvalue weighted by Gasteiger charge is 2.41. The molecule has 11 atom stereocenters. The van der Waals surface area contributed by atoms with Crippen molar-refractivity contribution in [1.29, 1.82) is 10.8 Å². The van der Waals surface area contributed by atoms with E-state index in [4.69, 9.17) is 33.8 Å². The van der Waals surface area contributed by atoms with Gasteiger partial charge in [0.1, 0.15) is 66.5 Å². The number of aromatic amines is 2. The number of carbonyl (C=O) groups is 14. The van der Waals surface area contributed by atoms with Crippen molar-refractivity contribution in [3.63, 3.8) is 0 Å². The van der Waals surface area contributed by atoms with E-state index in [-0.39, 0.29) is 88.1 Å². The zero-order chi connectivity index (χ0) is 85.2. The summed E-state index contributed by atoms with van der Waals surface area (Å²) in [6.07, 6.45) is 3.39. The van der Waals surface area contributed by atoms with E-state index in [1.807, 2.05) is 42.5 Å². The van der Waals surface area contributed by atoms with Crippen LogP contribution in [-0.4, -0.2) is 214 Å². The summed E-state index contributed by atoms with van der Waals surface area (Å²) in [7, 11) is 2.35. The Labute approximate surface area is 693 Å². The molecule has 36 nitrogen and oxygen atoms in total. The Morgan fingerprint density at radius 3 is 1.53 bits per heavy atom. The van der Waals surface area contributed by atoms with Gasteiger partial charge in [-0.1, -0.05) is 134 Å². The van der Waals surface area contributed by atoms with Crippen molar-refractivity contribution < 1.29 is 67.1 Å². The Kier molecular flexibility index (Phi) is 33.3. The van der Waals surface area contributed by atoms with Gasteiger partial charge < -0.3 is 107 Å². The number of guanidine groups is 2. The van der Waals surface area contributed by atoms with Gasteiger partial charge in [0.05, 0.1) is 18.7 Å². The van der Waals surface area contributed by atoms with Gasteiger partial charge in [-0.2, -0.15) is 0 Å². The highest BCUT2D eigenvalue weighted by atomic mass is 33.1. The monoisotopic (exact) mass is 1680 g/mol. The zero-order valence-corrected chi connectivity index (χ0v) is 68.3. The van der Waals surface area contributed by atoms with Crippen LogP contribution >= 0.6 is 33.3 Å². The first-order chi connectivity index (χ1) is 56.4. The molecule has 0 spiro atoms. The van der Waals surface area contributed by atoms with Crippen LogP contribution in [0.1, 0.15) is 108 Å². The van der Waals surface area contributed by atoms with Crippen molar-refractivity contribution in [3.8, 4) is 0 Å². The van der Waals surface area contributed by atoms with Crippen LogP contribution in [0.5, 0.6) is 0 Å². The van der Waals surface area contributed by atoms with Crippen LogP contribution in [0.2, 0.25) is 0 Å². The van der Waals surface area contributed by atoms with Crippen LogP contribution in [0.15, 0.2) is 103 Å². The lowest BCUT2D eigenvalue weighted by Gasteiger charge is -2.33. The fourth-order valence-corrected chi connectivity index (χ4v) is 17.3. The number of thioether (sulfide) groups is 1. The first-order valence-electron chi connectivity index (χ1n) is 39.1. The Balaban J connectivity index is 1.14. The molecule has 6 aromatic rings. The Morgan fingerprint density at radius 2 is 0.966 bits per heavy atom. The fraction of sp³-hybridized carbons (Fsp3) is 0.468. The van der Waals surface area contributed by atoms with E-state index in [1.165, 1.54) is 21.6 Å². The third-order valence-corrected chi connectivity index (χ3v) is 24.0. The molecule has 634 valence electrons. The number of nitrogens with two attached hydrogens (primary N) is 4. The first kappa shape index (κ1) is 90.3. The number of hydrogen-bond acceptors (Lipinski definition) is 19. The molecule has 2 aromatic heterocycles. The highest BCUT2D eigenvalue weighted by molar-refractivity contribution is 8.76. The number of rotatable bonds is 18. The van der Waals surface area contributed by atoms with E-state index >= 15 is 28.8 Å². The molecule has 9 rings (SSSR count). The Bertz CT molecular complexity index is 4660. The summed E-state index contributed by atoms with van der Waals surface area (Å²) in [6.45, 7) is 4.17. The molecular formula is C79H106N22O14S3. The van der Waals surface area contributed by atoms with Gasteiger partial charge >= 0.3 is 0 Å². The lowest BCUT2D eigenvalue weighted by atomic mass is 9.85. The SMILES string of the molecule is CC(C)(C)[C@@H]1NC(=O)[C@H](Cc2ccc3ccccc3c2)NC(=O)CSC[C@@H](C(N)=O)NC(=O)[C@H](C2CCCC2)NC(=O)[C@H](Cc2c[nH]c3ccccc23)NC(=O)[C@H](CCCNC(=N)N)NC(=O)[C@@H]2CCSSCC[C@H](NC1=O)C(=O)NCC(=O)N[C@@H](CCCNC(=N)N)C(=O)N[C@@H](CC(N)=O)C(=O)N[C@@H](Cc1c[nH]c3ccccc13)C(=O)N2. The van der Waals surface area contributed by atoms with Gasteiger partial charge in [-0.3, -0.25) is 77.9 Å². The van der Waals surface area contributed by atoms with Crippen LogP contribution in [0.25, 0.3) is 32.6 Å². The molecule has 4 heterocycles. The molecule has 118 heavy (non-hydrogen) atoms. The molecular weight excluding hydrogens is 1580 g/mol. The van der Waals surface area contributed by atoms with E-state index in [9.17, 15) is 38.4 Å². The fourth-order valence-electron chi connectivity index (χ4n) is 14.2. The van der Waals surface area contributed by atoms with Gasteiger partial charge in [0.15, 0.2) is 11.9 Å². The van der Waals surface area contributed by atoms with Crippen molar-refractivity contribution >= 4 is 161 Å². The number of aromatic nitrogens is 2. The molecule has 1 saturated carbocycles. The quantitative estimate of drug-likeness (QED) is 0.0219. The van der Waals surface area contributed by atoms with E-state index in [0.29, 0.717) is 64.2 Å². The number of nitrogens with one attached hydrogen (secondary N) is 18. The number of hydrogen-bond donors (Lipinski definition) is 22. The summed E-state index contributed by atoms with van der Waals surface area (Å²) in [5, 5.41) is 56.6. The number of primary amides is 2. The van der Waals surface area contributed by atoms with Crippen LogP contribution in [-0.2, 0) is 86.4 Å². The smallest absolute Gasteiger partial charge is 0.243 e. The maximum Gasteiger partial charge on any atom is 0.243 e. The topological polar surface area (TPSA) is 591 Å². The molecule has 0 unspecified atom stereocenters.